The monoisotopic (exact) mass is 380 g/mol. The van der Waals surface area contributed by atoms with Crippen LogP contribution in [-0.2, 0) is 9.59 Å². The first-order valence-electron chi connectivity index (χ1n) is 9.33. The summed E-state index contributed by atoms with van der Waals surface area (Å²) in [5.41, 5.74) is 2.09. The molecule has 1 aliphatic rings. The highest BCUT2D eigenvalue weighted by Crippen LogP contribution is 2.39. The van der Waals surface area contributed by atoms with Crippen molar-refractivity contribution in [3.63, 3.8) is 0 Å². The number of aliphatic hydroxyl groups is 1. The van der Waals surface area contributed by atoms with Crippen LogP contribution in [0.1, 0.15) is 42.5 Å². The van der Waals surface area contributed by atoms with Gasteiger partial charge in [-0.05, 0) is 48.7 Å². The number of aliphatic hydroxyl groups excluding tert-OH is 1. The van der Waals surface area contributed by atoms with Crippen molar-refractivity contribution in [2.24, 2.45) is 0 Å². The Morgan fingerprint density at radius 2 is 2.07 bits per heavy atom. The van der Waals surface area contributed by atoms with Gasteiger partial charge in [0, 0.05) is 24.5 Å². The summed E-state index contributed by atoms with van der Waals surface area (Å²) in [6.07, 6.45) is 4.92. The molecule has 1 saturated heterocycles. The third-order valence-corrected chi connectivity index (χ3v) is 4.96. The molecule has 28 heavy (non-hydrogen) atoms. The zero-order valence-electron chi connectivity index (χ0n) is 16.3. The molecule has 0 radical (unpaired) electrons. The summed E-state index contributed by atoms with van der Waals surface area (Å²) < 4.78 is 5.26. The van der Waals surface area contributed by atoms with Gasteiger partial charge in [0.25, 0.3) is 11.7 Å². The number of ether oxygens (including phenoxy) is 1. The average molecular weight is 380 g/mol. The molecule has 1 atom stereocenters. The van der Waals surface area contributed by atoms with Crippen LogP contribution in [0.5, 0.6) is 5.75 Å². The minimum atomic E-state index is -0.670. The summed E-state index contributed by atoms with van der Waals surface area (Å²) in [7, 11) is 1.57. The maximum Gasteiger partial charge on any atom is 0.295 e. The van der Waals surface area contributed by atoms with Crippen LogP contribution < -0.4 is 4.74 Å². The molecule has 0 aliphatic carbocycles. The number of hydrogen-bond acceptors (Lipinski definition) is 5. The summed E-state index contributed by atoms with van der Waals surface area (Å²) in [4.78, 5) is 31.2. The van der Waals surface area contributed by atoms with Gasteiger partial charge in [0.15, 0.2) is 0 Å². The number of amides is 1. The number of unbranched alkanes of at least 4 members (excludes halogenated alkanes) is 1. The summed E-state index contributed by atoms with van der Waals surface area (Å²) in [6, 6.07) is 8.08. The number of nitrogens with zero attached hydrogens (tertiary/aromatic N) is 2. The van der Waals surface area contributed by atoms with Crippen LogP contribution in [0.15, 0.2) is 48.3 Å². The first-order valence-corrected chi connectivity index (χ1v) is 9.33. The van der Waals surface area contributed by atoms with Crippen LogP contribution in [0, 0.1) is 6.92 Å². The molecule has 1 aromatic heterocycles. The van der Waals surface area contributed by atoms with E-state index in [1.165, 1.54) is 4.90 Å². The SMILES string of the molecule is CCCCN1C(=O)C(=O)/C(=C(\O)c2ccc(OC)c(C)c2)C1c1cccnc1. The lowest BCUT2D eigenvalue weighted by molar-refractivity contribution is -0.139. The zero-order valence-corrected chi connectivity index (χ0v) is 16.3. The molecule has 1 N–H and O–H groups in total. The van der Waals surface area contributed by atoms with Crippen molar-refractivity contribution >= 4 is 17.4 Å². The first kappa shape index (κ1) is 19.6. The normalized spacial score (nSPS) is 18.5. The van der Waals surface area contributed by atoms with E-state index < -0.39 is 17.7 Å². The Balaban J connectivity index is 2.15. The van der Waals surface area contributed by atoms with Crippen molar-refractivity contribution in [1.29, 1.82) is 0 Å². The van der Waals surface area contributed by atoms with E-state index in [0.29, 0.717) is 23.4 Å². The molecule has 1 amide bonds. The number of carbonyl (C=O) groups is 2. The fourth-order valence-electron chi connectivity index (χ4n) is 3.50. The molecule has 0 spiro atoms. The van der Waals surface area contributed by atoms with E-state index in [1.54, 1.807) is 43.8 Å². The molecule has 0 saturated carbocycles. The number of ketones is 1. The number of benzene rings is 1. The van der Waals surface area contributed by atoms with E-state index in [0.717, 1.165) is 18.4 Å². The topological polar surface area (TPSA) is 79.7 Å². The molecule has 1 fully saturated rings. The number of likely N-dealkylation sites (tertiary alicyclic amines) is 1. The molecule has 1 aliphatic heterocycles. The highest BCUT2D eigenvalue weighted by atomic mass is 16.5. The van der Waals surface area contributed by atoms with Gasteiger partial charge in [0.1, 0.15) is 11.5 Å². The Kier molecular flexibility index (Phi) is 5.78. The number of aryl methyl sites for hydroxylation is 1. The molecule has 6 nitrogen and oxygen atoms in total. The minimum absolute atomic E-state index is 0.0960. The van der Waals surface area contributed by atoms with Crippen molar-refractivity contribution in [3.05, 3.63) is 65.0 Å². The summed E-state index contributed by atoms with van der Waals surface area (Å²) in [6.45, 7) is 4.32. The number of rotatable bonds is 6. The number of Topliss-reactive ketones (excluding diaryl/α,β-unsaturated/α-hetero) is 1. The van der Waals surface area contributed by atoms with Crippen molar-refractivity contribution in [2.75, 3.05) is 13.7 Å². The van der Waals surface area contributed by atoms with Gasteiger partial charge < -0.3 is 14.7 Å². The Morgan fingerprint density at radius 1 is 1.29 bits per heavy atom. The van der Waals surface area contributed by atoms with Crippen LogP contribution in [0.25, 0.3) is 5.76 Å². The fourth-order valence-corrected chi connectivity index (χ4v) is 3.50. The van der Waals surface area contributed by atoms with E-state index in [4.69, 9.17) is 4.74 Å². The second-order valence-electron chi connectivity index (χ2n) is 6.82. The smallest absolute Gasteiger partial charge is 0.295 e. The number of methoxy groups -OCH3 is 1. The molecule has 3 rings (SSSR count). The van der Waals surface area contributed by atoms with Crippen LogP contribution in [0.2, 0.25) is 0 Å². The largest absolute Gasteiger partial charge is 0.507 e. The van der Waals surface area contributed by atoms with Gasteiger partial charge >= 0.3 is 0 Å². The third-order valence-electron chi connectivity index (χ3n) is 4.96. The highest BCUT2D eigenvalue weighted by Gasteiger charge is 2.45. The molecule has 6 heteroatoms. The number of carbonyl (C=O) groups excluding carboxylic acids is 2. The van der Waals surface area contributed by atoms with E-state index in [2.05, 4.69) is 4.98 Å². The molecule has 2 aromatic rings. The predicted molar refractivity (Wildman–Crippen MR) is 106 cm³/mol. The number of pyridine rings is 1. The lowest BCUT2D eigenvalue weighted by Crippen LogP contribution is -2.30. The maximum absolute atomic E-state index is 12.8. The van der Waals surface area contributed by atoms with Crippen molar-refractivity contribution in [1.82, 2.24) is 9.88 Å². The fraction of sp³-hybridized carbons (Fsp3) is 0.318. The third kappa shape index (κ3) is 3.50. The molecular formula is C22H24N2O4. The van der Waals surface area contributed by atoms with Crippen LogP contribution >= 0.6 is 0 Å². The van der Waals surface area contributed by atoms with Crippen molar-refractivity contribution in [2.45, 2.75) is 32.7 Å². The molecule has 2 heterocycles. The van der Waals surface area contributed by atoms with Crippen LogP contribution in [0.3, 0.4) is 0 Å². The van der Waals surface area contributed by atoms with Crippen molar-refractivity contribution < 1.29 is 19.4 Å². The van der Waals surface area contributed by atoms with Gasteiger partial charge in [-0.2, -0.15) is 0 Å². The lowest BCUT2D eigenvalue weighted by Gasteiger charge is -2.24. The summed E-state index contributed by atoms with van der Waals surface area (Å²) in [5.74, 6) is -0.759. The Hall–Kier alpha value is -3.15. The zero-order chi connectivity index (χ0) is 20.3. The highest BCUT2D eigenvalue weighted by molar-refractivity contribution is 6.46. The summed E-state index contributed by atoms with van der Waals surface area (Å²) >= 11 is 0. The van der Waals surface area contributed by atoms with Gasteiger partial charge in [-0.1, -0.05) is 19.4 Å². The van der Waals surface area contributed by atoms with E-state index >= 15 is 0 Å². The van der Waals surface area contributed by atoms with Crippen LogP contribution in [0.4, 0.5) is 0 Å². The minimum Gasteiger partial charge on any atom is -0.507 e. The molecule has 0 bridgehead atoms. The predicted octanol–water partition coefficient (Wildman–Crippen LogP) is 3.62. The Labute approximate surface area is 164 Å². The number of hydrogen-bond donors (Lipinski definition) is 1. The van der Waals surface area contributed by atoms with Crippen LogP contribution in [-0.4, -0.2) is 40.3 Å². The molecule has 1 aromatic carbocycles. The molecular weight excluding hydrogens is 356 g/mol. The molecule has 146 valence electrons. The standard InChI is InChI=1S/C22H24N2O4/c1-4-5-11-24-19(16-7-6-10-23-13-16)18(21(26)22(24)27)20(25)15-8-9-17(28-3)14(2)12-15/h6-10,12-13,19,25H,4-5,11H2,1-3H3/b20-18-. The lowest BCUT2D eigenvalue weighted by atomic mass is 9.95. The van der Waals surface area contributed by atoms with Crippen molar-refractivity contribution in [3.8, 4) is 5.75 Å². The average Bonchev–Trinajstić information content (AvgIpc) is 2.97. The van der Waals surface area contributed by atoms with E-state index in [-0.39, 0.29) is 11.3 Å². The van der Waals surface area contributed by atoms with E-state index in [1.807, 2.05) is 19.9 Å². The Morgan fingerprint density at radius 3 is 2.68 bits per heavy atom. The quantitative estimate of drug-likeness (QED) is 0.470. The Bertz CT molecular complexity index is 921. The van der Waals surface area contributed by atoms with Gasteiger partial charge in [-0.3, -0.25) is 14.6 Å². The maximum atomic E-state index is 12.8. The second kappa shape index (κ2) is 8.25. The summed E-state index contributed by atoms with van der Waals surface area (Å²) in [5, 5.41) is 11.0. The van der Waals surface area contributed by atoms with Gasteiger partial charge in [-0.25, -0.2) is 0 Å². The molecule has 1 unspecified atom stereocenters. The van der Waals surface area contributed by atoms with Gasteiger partial charge in [0.05, 0.1) is 18.7 Å². The number of aromatic nitrogens is 1. The van der Waals surface area contributed by atoms with E-state index in [9.17, 15) is 14.7 Å². The van der Waals surface area contributed by atoms with Gasteiger partial charge in [-0.15, -0.1) is 0 Å². The van der Waals surface area contributed by atoms with Gasteiger partial charge in [0.2, 0.25) is 0 Å². The second-order valence-corrected chi connectivity index (χ2v) is 6.82. The first-order chi connectivity index (χ1) is 13.5.